The molecule has 0 saturated heterocycles. The number of fused-ring (bicyclic) bond motifs is 2. The molecule has 0 fully saturated rings. The molecule has 6 nitrogen and oxygen atoms in total. The van der Waals surface area contributed by atoms with Crippen LogP contribution < -0.4 is 5.32 Å². The van der Waals surface area contributed by atoms with Crippen molar-refractivity contribution in [2.45, 2.75) is 26.0 Å². The Bertz CT molecular complexity index is 811. The van der Waals surface area contributed by atoms with Gasteiger partial charge in [-0.25, -0.2) is 9.50 Å². The topological polar surface area (TPSA) is 65.7 Å². The van der Waals surface area contributed by atoms with Crippen molar-refractivity contribution < 1.29 is 5.11 Å². The average molecular weight is 343 g/mol. The molecule has 1 aromatic carbocycles. The summed E-state index contributed by atoms with van der Waals surface area (Å²) in [7, 11) is 0. The van der Waals surface area contributed by atoms with E-state index >= 15 is 0 Å². The third kappa shape index (κ3) is 3.28. The number of aliphatic hydroxyl groups is 1. The van der Waals surface area contributed by atoms with Gasteiger partial charge in [0, 0.05) is 26.2 Å². The van der Waals surface area contributed by atoms with Crippen LogP contribution in [0.4, 0.5) is 5.13 Å². The van der Waals surface area contributed by atoms with Crippen molar-refractivity contribution in [3.05, 3.63) is 47.3 Å². The summed E-state index contributed by atoms with van der Waals surface area (Å²) < 4.78 is 1.77. The molecular formula is C17H21N5OS. The summed E-state index contributed by atoms with van der Waals surface area (Å²) >= 11 is 1.50. The number of aliphatic hydroxyl groups excluding tert-OH is 1. The molecule has 1 atom stereocenters. The molecule has 0 aliphatic carbocycles. The SMILES string of the molecule is Cc1cn2nc(NC[C@@H](O)CN3CCc4ccccc4C3)sc2n1. The summed E-state index contributed by atoms with van der Waals surface area (Å²) in [6, 6.07) is 8.56. The normalized spacial score (nSPS) is 16.2. The van der Waals surface area contributed by atoms with Crippen LogP contribution in [-0.4, -0.2) is 50.3 Å². The molecule has 0 spiro atoms. The molecule has 24 heavy (non-hydrogen) atoms. The fraction of sp³-hybridized carbons (Fsp3) is 0.412. The smallest absolute Gasteiger partial charge is 0.214 e. The van der Waals surface area contributed by atoms with Gasteiger partial charge in [0.15, 0.2) is 0 Å². The van der Waals surface area contributed by atoms with Crippen LogP contribution in [0.15, 0.2) is 30.5 Å². The summed E-state index contributed by atoms with van der Waals surface area (Å²) in [4.78, 5) is 7.57. The highest BCUT2D eigenvalue weighted by molar-refractivity contribution is 7.20. The molecule has 126 valence electrons. The number of anilines is 1. The number of aryl methyl sites for hydroxylation is 1. The standard InChI is InChI=1S/C17H21N5OS/c1-12-9-22-17(19-12)24-16(20-22)18-8-15(23)11-21-7-6-13-4-2-3-5-14(13)10-21/h2-5,9,15,23H,6-8,10-11H2,1H3,(H,18,20)/t15-/m1/s1. The first kappa shape index (κ1) is 15.6. The summed E-state index contributed by atoms with van der Waals surface area (Å²) in [5.74, 6) is 0. The fourth-order valence-corrected chi connectivity index (χ4v) is 3.99. The van der Waals surface area contributed by atoms with Crippen molar-refractivity contribution in [3.8, 4) is 0 Å². The van der Waals surface area contributed by atoms with Crippen molar-refractivity contribution in [1.29, 1.82) is 0 Å². The van der Waals surface area contributed by atoms with Gasteiger partial charge in [-0.1, -0.05) is 35.6 Å². The van der Waals surface area contributed by atoms with Gasteiger partial charge >= 0.3 is 0 Å². The number of hydrogen-bond donors (Lipinski definition) is 2. The lowest BCUT2D eigenvalue weighted by molar-refractivity contribution is 0.114. The van der Waals surface area contributed by atoms with Gasteiger partial charge in [0.25, 0.3) is 0 Å². The Hall–Kier alpha value is -1.96. The maximum atomic E-state index is 10.3. The molecule has 2 N–H and O–H groups in total. The second-order valence-electron chi connectivity index (χ2n) is 6.31. The zero-order chi connectivity index (χ0) is 16.5. The Morgan fingerprint density at radius 1 is 1.33 bits per heavy atom. The van der Waals surface area contributed by atoms with E-state index in [2.05, 4.69) is 44.6 Å². The molecule has 0 unspecified atom stereocenters. The highest BCUT2D eigenvalue weighted by Crippen LogP contribution is 2.20. The first-order valence-corrected chi connectivity index (χ1v) is 9.03. The van der Waals surface area contributed by atoms with Crippen LogP contribution in [0.1, 0.15) is 16.8 Å². The van der Waals surface area contributed by atoms with Gasteiger partial charge < -0.3 is 10.4 Å². The average Bonchev–Trinajstić information content (AvgIpc) is 3.09. The highest BCUT2D eigenvalue weighted by atomic mass is 32.1. The largest absolute Gasteiger partial charge is 0.390 e. The van der Waals surface area contributed by atoms with E-state index in [0.29, 0.717) is 13.1 Å². The number of imidazole rings is 1. The first-order chi connectivity index (χ1) is 11.7. The zero-order valence-electron chi connectivity index (χ0n) is 13.6. The number of β-amino-alcohol motifs (C(OH)–C–C–N with tert-alkyl or cyclic N) is 1. The number of nitrogens with one attached hydrogen (secondary N) is 1. The van der Waals surface area contributed by atoms with Gasteiger partial charge in [-0.15, -0.1) is 5.10 Å². The third-order valence-corrected chi connectivity index (χ3v) is 5.21. The molecule has 1 aliphatic rings. The van der Waals surface area contributed by atoms with E-state index in [4.69, 9.17) is 0 Å². The fourth-order valence-electron chi connectivity index (χ4n) is 3.16. The Balaban J connectivity index is 1.30. The number of nitrogens with zero attached hydrogens (tertiary/aromatic N) is 4. The Morgan fingerprint density at radius 3 is 3.00 bits per heavy atom. The predicted molar refractivity (Wildman–Crippen MR) is 95.5 cm³/mol. The van der Waals surface area contributed by atoms with Crippen LogP contribution in [0.2, 0.25) is 0 Å². The zero-order valence-corrected chi connectivity index (χ0v) is 14.5. The molecular weight excluding hydrogens is 322 g/mol. The lowest BCUT2D eigenvalue weighted by Gasteiger charge is -2.30. The van der Waals surface area contributed by atoms with Crippen molar-refractivity contribution in [1.82, 2.24) is 19.5 Å². The molecule has 0 radical (unpaired) electrons. The monoisotopic (exact) mass is 343 g/mol. The molecule has 0 bridgehead atoms. The van der Waals surface area contributed by atoms with E-state index in [1.165, 1.54) is 22.5 Å². The minimum absolute atomic E-state index is 0.423. The number of aromatic nitrogens is 3. The molecule has 3 aromatic rings. The number of hydrogen-bond acceptors (Lipinski definition) is 6. The van der Waals surface area contributed by atoms with E-state index in [0.717, 1.165) is 35.3 Å². The predicted octanol–water partition coefficient (Wildman–Crippen LogP) is 1.93. The molecule has 0 amide bonds. The van der Waals surface area contributed by atoms with Crippen molar-refractivity contribution in [2.75, 3.05) is 25.0 Å². The molecule has 4 rings (SSSR count). The van der Waals surface area contributed by atoms with Crippen LogP contribution in [0.25, 0.3) is 4.96 Å². The number of rotatable bonds is 5. The molecule has 1 aliphatic heterocycles. The molecule has 7 heteroatoms. The number of benzene rings is 1. The highest BCUT2D eigenvalue weighted by Gasteiger charge is 2.18. The molecule has 3 heterocycles. The lowest BCUT2D eigenvalue weighted by Crippen LogP contribution is -2.39. The summed E-state index contributed by atoms with van der Waals surface area (Å²) in [6.45, 7) is 5.03. The van der Waals surface area contributed by atoms with Gasteiger partial charge in [-0.3, -0.25) is 4.90 Å². The van der Waals surface area contributed by atoms with E-state index in [9.17, 15) is 5.11 Å². The lowest BCUT2D eigenvalue weighted by atomic mass is 10.00. The van der Waals surface area contributed by atoms with E-state index in [1.54, 1.807) is 4.52 Å². The summed E-state index contributed by atoms with van der Waals surface area (Å²) in [5, 5.41) is 18.8. The molecule has 2 aromatic heterocycles. The first-order valence-electron chi connectivity index (χ1n) is 8.21. The third-order valence-electron chi connectivity index (χ3n) is 4.33. The summed E-state index contributed by atoms with van der Waals surface area (Å²) in [5.41, 5.74) is 3.77. The van der Waals surface area contributed by atoms with Crippen LogP contribution in [0.5, 0.6) is 0 Å². The van der Waals surface area contributed by atoms with E-state index in [-0.39, 0.29) is 0 Å². The van der Waals surface area contributed by atoms with Crippen LogP contribution in [0, 0.1) is 6.92 Å². The Morgan fingerprint density at radius 2 is 2.17 bits per heavy atom. The van der Waals surface area contributed by atoms with Crippen molar-refractivity contribution in [2.24, 2.45) is 0 Å². The van der Waals surface area contributed by atoms with Crippen molar-refractivity contribution in [3.63, 3.8) is 0 Å². The minimum Gasteiger partial charge on any atom is -0.390 e. The van der Waals surface area contributed by atoms with Gasteiger partial charge in [-0.2, -0.15) is 0 Å². The summed E-state index contributed by atoms with van der Waals surface area (Å²) in [6.07, 6.45) is 2.53. The minimum atomic E-state index is -0.423. The van der Waals surface area contributed by atoms with Gasteiger partial charge in [-0.05, 0) is 24.5 Å². The maximum Gasteiger partial charge on any atom is 0.214 e. The maximum absolute atomic E-state index is 10.3. The van der Waals surface area contributed by atoms with Crippen LogP contribution >= 0.6 is 11.3 Å². The van der Waals surface area contributed by atoms with E-state index < -0.39 is 6.10 Å². The van der Waals surface area contributed by atoms with Gasteiger partial charge in [0.05, 0.1) is 18.0 Å². The van der Waals surface area contributed by atoms with Gasteiger partial charge in [0.1, 0.15) is 0 Å². The Labute approximate surface area is 144 Å². The van der Waals surface area contributed by atoms with Gasteiger partial charge in [0.2, 0.25) is 10.1 Å². The van der Waals surface area contributed by atoms with E-state index in [1.807, 2.05) is 13.1 Å². The Kier molecular flexibility index (Phi) is 4.22. The quantitative estimate of drug-likeness (QED) is 0.741. The van der Waals surface area contributed by atoms with Crippen LogP contribution in [0.3, 0.4) is 0 Å². The second kappa shape index (κ2) is 6.51. The molecule has 0 saturated carbocycles. The van der Waals surface area contributed by atoms with Crippen LogP contribution in [-0.2, 0) is 13.0 Å². The van der Waals surface area contributed by atoms with Crippen molar-refractivity contribution >= 4 is 21.4 Å². The second-order valence-corrected chi connectivity index (χ2v) is 7.26.